The molecule has 0 saturated carbocycles. The molecule has 1 amide bonds. The van der Waals surface area contributed by atoms with E-state index in [0.717, 1.165) is 29.8 Å². The highest BCUT2D eigenvalue weighted by atomic mass is 16.1. The van der Waals surface area contributed by atoms with Crippen LogP contribution in [0.25, 0.3) is 5.69 Å². The monoisotopic (exact) mass is 274 g/mol. The molecule has 0 aliphatic heterocycles. The van der Waals surface area contributed by atoms with E-state index in [1.807, 2.05) is 25.1 Å². The van der Waals surface area contributed by atoms with Crippen molar-refractivity contribution in [2.24, 2.45) is 5.73 Å². The number of aromatic nitrogens is 4. The van der Waals surface area contributed by atoms with Crippen molar-refractivity contribution in [3.8, 4) is 5.69 Å². The lowest BCUT2D eigenvalue weighted by molar-refractivity contribution is -0.116. The minimum atomic E-state index is -0.00425. The summed E-state index contributed by atoms with van der Waals surface area (Å²) in [4.78, 5) is 11.8. The fraction of sp³-hybridized carbons (Fsp3) is 0.385. The summed E-state index contributed by atoms with van der Waals surface area (Å²) >= 11 is 0. The van der Waals surface area contributed by atoms with E-state index in [-0.39, 0.29) is 5.91 Å². The van der Waals surface area contributed by atoms with Crippen LogP contribution in [0, 0.1) is 6.92 Å². The molecule has 0 saturated heterocycles. The number of anilines is 1. The van der Waals surface area contributed by atoms with Gasteiger partial charge in [0.25, 0.3) is 0 Å². The quantitative estimate of drug-likeness (QED) is 0.767. The van der Waals surface area contributed by atoms with E-state index in [9.17, 15) is 4.79 Å². The number of amides is 1. The van der Waals surface area contributed by atoms with E-state index in [1.165, 1.54) is 6.33 Å². The third-order valence-corrected chi connectivity index (χ3v) is 2.97. The summed E-state index contributed by atoms with van der Waals surface area (Å²) in [5.74, 6) is -0.00425. The van der Waals surface area contributed by atoms with E-state index >= 15 is 0 Å². The smallest absolute Gasteiger partial charge is 0.224 e. The van der Waals surface area contributed by atoms with Crippen molar-refractivity contribution < 1.29 is 4.79 Å². The lowest BCUT2D eigenvalue weighted by Crippen LogP contribution is -2.13. The molecule has 1 aromatic carbocycles. The molecule has 2 aromatic rings. The van der Waals surface area contributed by atoms with Crippen molar-refractivity contribution >= 4 is 11.6 Å². The second-order valence-electron chi connectivity index (χ2n) is 4.55. The number of carbonyl (C=O) groups is 1. The molecule has 7 nitrogen and oxygen atoms in total. The van der Waals surface area contributed by atoms with Crippen molar-refractivity contribution in [1.82, 2.24) is 20.2 Å². The molecule has 0 atom stereocenters. The first kappa shape index (κ1) is 14.1. The molecule has 0 radical (unpaired) electrons. The van der Waals surface area contributed by atoms with Gasteiger partial charge in [0.2, 0.25) is 5.91 Å². The first-order chi connectivity index (χ1) is 9.70. The number of rotatable bonds is 6. The number of nitrogens with two attached hydrogens (primary N) is 1. The summed E-state index contributed by atoms with van der Waals surface area (Å²) < 4.78 is 1.55. The molecule has 2 rings (SSSR count). The lowest BCUT2D eigenvalue weighted by Gasteiger charge is -2.10. The fourth-order valence-electron chi connectivity index (χ4n) is 1.81. The van der Waals surface area contributed by atoms with Crippen LogP contribution in [-0.4, -0.2) is 32.7 Å². The Kier molecular flexibility index (Phi) is 4.78. The van der Waals surface area contributed by atoms with Gasteiger partial charge in [0.1, 0.15) is 6.33 Å². The number of tetrazole rings is 1. The molecule has 7 heteroatoms. The zero-order valence-corrected chi connectivity index (χ0v) is 11.4. The van der Waals surface area contributed by atoms with Crippen LogP contribution in [0.4, 0.5) is 5.69 Å². The van der Waals surface area contributed by atoms with Crippen LogP contribution < -0.4 is 11.1 Å². The summed E-state index contributed by atoms with van der Waals surface area (Å²) in [6.45, 7) is 2.56. The van der Waals surface area contributed by atoms with E-state index in [2.05, 4.69) is 20.8 Å². The molecule has 106 valence electrons. The van der Waals surface area contributed by atoms with Gasteiger partial charge in [0.15, 0.2) is 0 Å². The average molecular weight is 274 g/mol. The first-order valence-corrected chi connectivity index (χ1v) is 6.54. The van der Waals surface area contributed by atoms with Crippen molar-refractivity contribution in [3.05, 3.63) is 30.1 Å². The highest BCUT2D eigenvalue weighted by molar-refractivity contribution is 5.91. The Hall–Kier alpha value is -2.28. The van der Waals surface area contributed by atoms with Crippen LogP contribution >= 0.6 is 0 Å². The van der Waals surface area contributed by atoms with Gasteiger partial charge in [0.05, 0.1) is 5.69 Å². The number of unbranched alkanes of at least 4 members (excludes halogenated alkanes) is 1. The predicted molar refractivity (Wildman–Crippen MR) is 75.4 cm³/mol. The Labute approximate surface area is 117 Å². The van der Waals surface area contributed by atoms with Gasteiger partial charge in [-0.25, -0.2) is 4.68 Å². The number of carbonyl (C=O) groups excluding carboxylic acids is 1. The van der Waals surface area contributed by atoms with Crippen LogP contribution in [0.1, 0.15) is 24.8 Å². The second kappa shape index (κ2) is 6.76. The zero-order chi connectivity index (χ0) is 14.4. The van der Waals surface area contributed by atoms with Crippen molar-refractivity contribution in [1.29, 1.82) is 0 Å². The Balaban J connectivity index is 2.07. The highest BCUT2D eigenvalue weighted by Gasteiger charge is 2.07. The van der Waals surface area contributed by atoms with Gasteiger partial charge in [0, 0.05) is 12.1 Å². The minimum absolute atomic E-state index is 0.00425. The fourth-order valence-corrected chi connectivity index (χ4v) is 1.81. The van der Waals surface area contributed by atoms with Crippen LogP contribution in [0.2, 0.25) is 0 Å². The molecule has 1 heterocycles. The van der Waals surface area contributed by atoms with Gasteiger partial charge in [-0.05, 0) is 54.4 Å². The molecule has 0 aliphatic rings. The van der Waals surface area contributed by atoms with E-state index in [0.29, 0.717) is 13.0 Å². The predicted octanol–water partition coefficient (Wildman–Crippen LogP) is 1.04. The van der Waals surface area contributed by atoms with E-state index in [1.54, 1.807) is 4.68 Å². The Bertz CT molecular complexity index is 566. The number of nitrogens with zero attached hydrogens (tertiary/aromatic N) is 4. The average Bonchev–Trinajstić information content (AvgIpc) is 2.95. The van der Waals surface area contributed by atoms with Crippen molar-refractivity contribution in [2.45, 2.75) is 26.2 Å². The van der Waals surface area contributed by atoms with Crippen LogP contribution in [0.3, 0.4) is 0 Å². The second-order valence-corrected chi connectivity index (χ2v) is 4.55. The van der Waals surface area contributed by atoms with Crippen molar-refractivity contribution in [3.63, 3.8) is 0 Å². The van der Waals surface area contributed by atoms with E-state index in [4.69, 9.17) is 5.73 Å². The number of benzene rings is 1. The van der Waals surface area contributed by atoms with Crippen LogP contribution in [0.15, 0.2) is 24.5 Å². The third-order valence-electron chi connectivity index (χ3n) is 2.97. The molecule has 3 N–H and O–H groups in total. The molecular weight excluding hydrogens is 256 g/mol. The molecule has 1 aromatic heterocycles. The number of aryl methyl sites for hydroxylation is 1. The summed E-state index contributed by atoms with van der Waals surface area (Å²) in [7, 11) is 0. The first-order valence-electron chi connectivity index (χ1n) is 6.54. The maximum atomic E-state index is 11.8. The number of hydrogen-bond donors (Lipinski definition) is 2. The Morgan fingerprint density at radius 2 is 2.25 bits per heavy atom. The number of hydrogen-bond acceptors (Lipinski definition) is 5. The van der Waals surface area contributed by atoms with Crippen molar-refractivity contribution in [2.75, 3.05) is 11.9 Å². The van der Waals surface area contributed by atoms with Crippen LogP contribution in [-0.2, 0) is 4.79 Å². The maximum absolute atomic E-state index is 11.8. The van der Waals surface area contributed by atoms with Crippen LogP contribution in [0.5, 0.6) is 0 Å². The third kappa shape index (κ3) is 3.61. The van der Waals surface area contributed by atoms with Gasteiger partial charge in [-0.1, -0.05) is 6.07 Å². The Morgan fingerprint density at radius 3 is 2.95 bits per heavy atom. The normalized spacial score (nSPS) is 10.5. The van der Waals surface area contributed by atoms with Gasteiger partial charge in [-0.15, -0.1) is 5.10 Å². The molecule has 0 aliphatic carbocycles. The molecular formula is C13H18N6O. The molecule has 0 bridgehead atoms. The summed E-state index contributed by atoms with van der Waals surface area (Å²) in [6, 6.07) is 5.68. The number of nitrogens with one attached hydrogen (secondary N) is 1. The molecule has 0 spiro atoms. The SMILES string of the molecule is Cc1ccc(-n2cnnn2)cc1NC(=O)CCCCN. The molecule has 0 fully saturated rings. The lowest BCUT2D eigenvalue weighted by atomic mass is 10.1. The maximum Gasteiger partial charge on any atom is 0.224 e. The molecule has 0 unspecified atom stereocenters. The Morgan fingerprint density at radius 1 is 1.40 bits per heavy atom. The van der Waals surface area contributed by atoms with Gasteiger partial charge in [-0.2, -0.15) is 0 Å². The largest absolute Gasteiger partial charge is 0.330 e. The van der Waals surface area contributed by atoms with Gasteiger partial charge >= 0.3 is 0 Å². The van der Waals surface area contributed by atoms with Gasteiger partial charge in [-0.3, -0.25) is 4.79 Å². The summed E-state index contributed by atoms with van der Waals surface area (Å²) in [5, 5.41) is 13.9. The summed E-state index contributed by atoms with van der Waals surface area (Å²) in [6.07, 6.45) is 3.65. The highest BCUT2D eigenvalue weighted by Crippen LogP contribution is 2.19. The minimum Gasteiger partial charge on any atom is -0.330 e. The zero-order valence-electron chi connectivity index (χ0n) is 11.4. The molecule has 20 heavy (non-hydrogen) atoms. The van der Waals surface area contributed by atoms with E-state index < -0.39 is 0 Å². The topological polar surface area (TPSA) is 98.7 Å². The summed E-state index contributed by atoms with van der Waals surface area (Å²) in [5.41, 5.74) is 7.98. The standard InChI is InChI=1S/C13H18N6O/c1-10-5-6-11(19-9-15-17-18-19)8-12(10)16-13(20)4-2-3-7-14/h5-6,8-9H,2-4,7,14H2,1H3,(H,16,20). The van der Waals surface area contributed by atoms with Gasteiger partial charge < -0.3 is 11.1 Å².